The number of allylic oxidation sites excluding steroid dienone is 3. The van der Waals surface area contributed by atoms with Crippen LogP contribution in [0.1, 0.15) is 40.0 Å². The summed E-state index contributed by atoms with van der Waals surface area (Å²) in [7, 11) is 1.70. The number of hydrogen-bond acceptors (Lipinski definition) is 2. The number of hydrogen-bond donors (Lipinski definition) is 0. The second-order valence-corrected chi connectivity index (χ2v) is 5.20. The average molecular weight is 220 g/mol. The van der Waals surface area contributed by atoms with Crippen molar-refractivity contribution >= 4 is 5.78 Å². The summed E-state index contributed by atoms with van der Waals surface area (Å²) in [6, 6.07) is 0. The molecule has 0 unspecified atom stereocenters. The lowest BCUT2D eigenvalue weighted by Gasteiger charge is -2.43. The third-order valence-electron chi connectivity index (χ3n) is 4.37. The molecule has 0 N–H and O–H groups in total. The van der Waals surface area contributed by atoms with Crippen molar-refractivity contribution < 1.29 is 9.53 Å². The van der Waals surface area contributed by atoms with E-state index in [1.807, 2.05) is 13.0 Å². The first-order chi connectivity index (χ1) is 7.51. The summed E-state index contributed by atoms with van der Waals surface area (Å²) in [6.45, 7) is 6.16. The van der Waals surface area contributed by atoms with Gasteiger partial charge in [0.2, 0.25) is 0 Å². The summed E-state index contributed by atoms with van der Waals surface area (Å²) >= 11 is 0. The maximum absolute atomic E-state index is 12.4. The minimum atomic E-state index is -0.317. The summed E-state index contributed by atoms with van der Waals surface area (Å²) in [4.78, 5) is 12.4. The molecule has 2 nitrogen and oxygen atoms in total. The summed E-state index contributed by atoms with van der Waals surface area (Å²) in [6.07, 6.45) is 5.20. The van der Waals surface area contributed by atoms with Gasteiger partial charge in [-0.3, -0.25) is 4.79 Å². The molecule has 2 aliphatic carbocycles. The van der Waals surface area contributed by atoms with E-state index in [0.717, 1.165) is 24.2 Å². The number of rotatable bonds is 1. The van der Waals surface area contributed by atoms with E-state index in [4.69, 9.17) is 4.74 Å². The molecule has 0 amide bonds. The fraction of sp³-hybridized carbons (Fsp3) is 0.643. The van der Waals surface area contributed by atoms with Gasteiger partial charge in [-0.2, -0.15) is 0 Å². The Morgan fingerprint density at radius 3 is 2.81 bits per heavy atom. The van der Waals surface area contributed by atoms with E-state index in [0.29, 0.717) is 5.92 Å². The molecule has 2 aliphatic rings. The van der Waals surface area contributed by atoms with Crippen molar-refractivity contribution in [1.82, 2.24) is 0 Å². The van der Waals surface area contributed by atoms with Crippen LogP contribution in [0.4, 0.5) is 0 Å². The predicted molar refractivity (Wildman–Crippen MR) is 63.9 cm³/mol. The lowest BCUT2D eigenvalue weighted by atomic mass is 9.59. The largest absolute Gasteiger partial charge is 0.497 e. The summed E-state index contributed by atoms with van der Waals surface area (Å²) in [5, 5.41) is 0. The van der Waals surface area contributed by atoms with E-state index >= 15 is 0 Å². The van der Waals surface area contributed by atoms with Crippen molar-refractivity contribution in [2.75, 3.05) is 7.11 Å². The Balaban J connectivity index is 2.58. The van der Waals surface area contributed by atoms with Gasteiger partial charge in [-0.1, -0.05) is 6.92 Å². The molecule has 0 aromatic carbocycles. The highest BCUT2D eigenvalue weighted by Crippen LogP contribution is 2.50. The first-order valence-electron chi connectivity index (χ1n) is 6.02. The van der Waals surface area contributed by atoms with E-state index in [-0.39, 0.29) is 11.2 Å². The first-order valence-corrected chi connectivity index (χ1v) is 6.02. The van der Waals surface area contributed by atoms with Gasteiger partial charge in [-0.15, -0.1) is 0 Å². The van der Waals surface area contributed by atoms with Gasteiger partial charge in [0.25, 0.3) is 0 Å². The predicted octanol–water partition coefficient (Wildman–Crippen LogP) is 3.24. The number of ether oxygens (including phenoxy) is 1. The molecule has 2 heteroatoms. The van der Waals surface area contributed by atoms with Gasteiger partial charge >= 0.3 is 0 Å². The van der Waals surface area contributed by atoms with Crippen molar-refractivity contribution in [1.29, 1.82) is 0 Å². The van der Waals surface area contributed by atoms with Crippen molar-refractivity contribution in [3.8, 4) is 0 Å². The minimum absolute atomic E-state index is 0.288. The van der Waals surface area contributed by atoms with Gasteiger partial charge < -0.3 is 4.74 Å². The molecule has 2 atom stereocenters. The van der Waals surface area contributed by atoms with Gasteiger partial charge in [0.1, 0.15) is 5.76 Å². The van der Waals surface area contributed by atoms with E-state index in [9.17, 15) is 4.79 Å². The molecule has 0 aliphatic heterocycles. The Morgan fingerprint density at radius 1 is 1.50 bits per heavy atom. The molecule has 2 rings (SSSR count). The van der Waals surface area contributed by atoms with Crippen LogP contribution in [-0.2, 0) is 9.53 Å². The number of carbonyl (C=O) groups excluding carboxylic acids is 1. The molecule has 0 aromatic rings. The molecule has 0 aromatic heterocycles. The van der Waals surface area contributed by atoms with Crippen LogP contribution in [0.2, 0.25) is 0 Å². The standard InChI is InChI=1S/C14H20O2/c1-9-8-12(16-4)11-7-5-6-10(2)14(11,3)13(9)15/h8,10H,5-7H2,1-4H3/t10-,14-/m1/s1. The third kappa shape index (κ3) is 1.35. The molecule has 0 heterocycles. The van der Waals surface area contributed by atoms with Crippen LogP contribution in [0, 0.1) is 11.3 Å². The Morgan fingerprint density at radius 2 is 2.19 bits per heavy atom. The smallest absolute Gasteiger partial charge is 0.169 e. The van der Waals surface area contributed by atoms with Crippen LogP contribution >= 0.6 is 0 Å². The molecule has 1 saturated carbocycles. The zero-order chi connectivity index (χ0) is 11.9. The molecular formula is C14H20O2. The van der Waals surface area contributed by atoms with Crippen LogP contribution in [0.25, 0.3) is 0 Å². The highest BCUT2D eigenvalue weighted by molar-refractivity contribution is 6.03. The lowest BCUT2D eigenvalue weighted by molar-refractivity contribution is -0.125. The van der Waals surface area contributed by atoms with E-state index in [2.05, 4.69) is 13.8 Å². The summed E-state index contributed by atoms with van der Waals surface area (Å²) in [5.74, 6) is 1.62. The van der Waals surface area contributed by atoms with Crippen molar-refractivity contribution in [3.63, 3.8) is 0 Å². The molecule has 0 radical (unpaired) electrons. The summed E-state index contributed by atoms with van der Waals surface area (Å²) in [5.41, 5.74) is 1.73. The highest BCUT2D eigenvalue weighted by atomic mass is 16.5. The van der Waals surface area contributed by atoms with Crippen molar-refractivity contribution in [2.45, 2.75) is 40.0 Å². The van der Waals surface area contributed by atoms with E-state index in [1.54, 1.807) is 7.11 Å². The molecule has 1 fully saturated rings. The minimum Gasteiger partial charge on any atom is -0.497 e. The number of methoxy groups -OCH3 is 1. The zero-order valence-corrected chi connectivity index (χ0v) is 10.6. The zero-order valence-electron chi connectivity index (χ0n) is 10.6. The Hall–Kier alpha value is -1.05. The maximum Gasteiger partial charge on any atom is 0.169 e. The van der Waals surface area contributed by atoms with Gasteiger partial charge in [0, 0.05) is 0 Å². The third-order valence-corrected chi connectivity index (χ3v) is 4.37. The normalized spacial score (nSPS) is 34.6. The van der Waals surface area contributed by atoms with Gasteiger partial charge in [-0.05, 0) is 56.3 Å². The van der Waals surface area contributed by atoms with Crippen LogP contribution < -0.4 is 0 Å². The molecule has 0 bridgehead atoms. The van der Waals surface area contributed by atoms with E-state index < -0.39 is 0 Å². The molecule has 16 heavy (non-hydrogen) atoms. The Bertz CT molecular complexity index is 390. The fourth-order valence-corrected chi connectivity index (χ4v) is 3.11. The Labute approximate surface area is 97.4 Å². The fourth-order valence-electron chi connectivity index (χ4n) is 3.11. The highest BCUT2D eigenvalue weighted by Gasteiger charge is 2.47. The number of ketones is 1. The van der Waals surface area contributed by atoms with Crippen LogP contribution in [-0.4, -0.2) is 12.9 Å². The molecule has 0 spiro atoms. The average Bonchev–Trinajstić information content (AvgIpc) is 2.27. The van der Waals surface area contributed by atoms with Gasteiger partial charge in [0.15, 0.2) is 5.78 Å². The monoisotopic (exact) mass is 220 g/mol. The first kappa shape index (κ1) is 11.4. The molecular weight excluding hydrogens is 200 g/mol. The van der Waals surface area contributed by atoms with Crippen LogP contribution in [0.3, 0.4) is 0 Å². The second kappa shape index (κ2) is 3.76. The van der Waals surface area contributed by atoms with Crippen molar-refractivity contribution in [3.05, 3.63) is 23.0 Å². The van der Waals surface area contributed by atoms with Gasteiger partial charge in [-0.25, -0.2) is 0 Å². The van der Waals surface area contributed by atoms with Crippen molar-refractivity contribution in [2.24, 2.45) is 11.3 Å². The number of carbonyl (C=O) groups is 1. The SMILES string of the molecule is COC1=C2CCC[C@@H](C)[C@@]2(C)C(=O)C(C)=C1. The number of Topliss-reactive ketones (excluding diaryl/α,β-unsaturated/α-hetero) is 1. The van der Waals surface area contributed by atoms with Crippen LogP contribution in [0.15, 0.2) is 23.0 Å². The van der Waals surface area contributed by atoms with E-state index in [1.165, 1.54) is 12.0 Å². The Kier molecular flexibility index (Phi) is 2.69. The molecule has 0 saturated heterocycles. The second-order valence-electron chi connectivity index (χ2n) is 5.20. The molecule has 88 valence electrons. The number of fused-ring (bicyclic) bond motifs is 1. The summed E-state index contributed by atoms with van der Waals surface area (Å²) < 4.78 is 5.44. The quantitative estimate of drug-likeness (QED) is 0.678. The maximum atomic E-state index is 12.4. The van der Waals surface area contributed by atoms with Gasteiger partial charge in [0.05, 0.1) is 12.5 Å². The lowest BCUT2D eigenvalue weighted by Crippen LogP contribution is -2.42. The topological polar surface area (TPSA) is 26.3 Å². The van der Waals surface area contributed by atoms with Crippen LogP contribution in [0.5, 0.6) is 0 Å².